The van der Waals surface area contributed by atoms with Gasteiger partial charge in [-0.25, -0.2) is 0 Å². The Bertz CT molecular complexity index is 550. The van der Waals surface area contributed by atoms with E-state index in [9.17, 15) is 4.79 Å². The van der Waals surface area contributed by atoms with E-state index in [0.29, 0.717) is 26.2 Å². The predicted molar refractivity (Wildman–Crippen MR) is 94.7 cm³/mol. The molecule has 0 N–H and O–H groups in total. The molecule has 2 heteroatoms. The van der Waals surface area contributed by atoms with E-state index in [1.807, 2.05) is 36.4 Å². The number of rotatable bonds is 9. The predicted octanol–water partition coefficient (Wildman–Crippen LogP) is 5.31. The molecular formula is C20H24OSe. The number of ketones is 1. The summed E-state index contributed by atoms with van der Waals surface area (Å²) in [5.74, 6) is 0.270. The first-order valence-corrected chi connectivity index (χ1v) is 10.3. The minimum atomic E-state index is 0.270. The quantitative estimate of drug-likeness (QED) is 0.337. The second-order valence-corrected chi connectivity index (χ2v) is 8.22. The van der Waals surface area contributed by atoms with Gasteiger partial charge >= 0.3 is 140 Å². The third-order valence-corrected chi connectivity index (χ3v) is 6.57. The van der Waals surface area contributed by atoms with Crippen LogP contribution in [0, 0.1) is 0 Å². The summed E-state index contributed by atoms with van der Waals surface area (Å²) in [7, 11) is 0. The van der Waals surface area contributed by atoms with Crippen molar-refractivity contribution >= 4 is 20.7 Å². The van der Waals surface area contributed by atoms with Crippen molar-refractivity contribution in [1.29, 1.82) is 0 Å². The second kappa shape index (κ2) is 9.61. The SMILES string of the molecule is CCCCC[Se][C@H](CC(=O)c1ccccc1)c1ccccc1. The summed E-state index contributed by atoms with van der Waals surface area (Å²) in [6, 6.07) is 20.2. The Labute approximate surface area is 140 Å². The molecule has 0 spiro atoms. The first-order valence-electron chi connectivity index (χ1n) is 8.06. The Kier molecular flexibility index (Phi) is 7.42. The van der Waals surface area contributed by atoms with Crippen LogP contribution in [0.3, 0.4) is 0 Å². The average Bonchev–Trinajstić information content (AvgIpc) is 2.59. The van der Waals surface area contributed by atoms with Gasteiger partial charge in [0, 0.05) is 0 Å². The molecule has 1 atom stereocenters. The molecule has 22 heavy (non-hydrogen) atoms. The fraction of sp³-hybridized carbons (Fsp3) is 0.350. The van der Waals surface area contributed by atoms with Gasteiger partial charge < -0.3 is 0 Å². The Hall–Kier alpha value is -1.37. The summed E-state index contributed by atoms with van der Waals surface area (Å²) in [6.07, 6.45) is 4.49. The maximum absolute atomic E-state index is 12.5. The molecule has 0 saturated heterocycles. The molecule has 0 aliphatic carbocycles. The Morgan fingerprint density at radius 2 is 1.59 bits per heavy atom. The van der Waals surface area contributed by atoms with Crippen LogP contribution in [-0.4, -0.2) is 20.7 Å². The van der Waals surface area contributed by atoms with Crippen LogP contribution in [0.15, 0.2) is 60.7 Å². The summed E-state index contributed by atoms with van der Waals surface area (Å²) >= 11 is 0.487. The van der Waals surface area contributed by atoms with Crippen LogP contribution in [0.4, 0.5) is 0 Å². The van der Waals surface area contributed by atoms with E-state index in [-0.39, 0.29) is 5.78 Å². The molecule has 0 aromatic heterocycles. The zero-order valence-corrected chi connectivity index (χ0v) is 14.9. The van der Waals surface area contributed by atoms with Crippen LogP contribution in [0.2, 0.25) is 5.32 Å². The summed E-state index contributed by atoms with van der Waals surface area (Å²) in [6.45, 7) is 2.24. The molecule has 1 nitrogen and oxygen atoms in total. The van der Waals surface area contributed by atoms with Gasteiger partial charge in [-0.3, -0.25) is 0 Å². The van der Waals surface area contributed by atoms with Crippen molar-refractivity contribution in [3.8, 4) is 0 Å². The molecule has 0 fully saturated rings. The minimum absolute atomic E-state index is 0.270. The van der Waals surface area contributed by atoms with Crippen molar-refractivity contribution in [2.24, 2.45) is 0 Å². The molecule has 0 unspecified atom stereocenters. The van der Waals surface area contributed by atoms with E-state index < -0.39 is 0 Å². The fourth-order valence-electron chi connectivity index (χ4n) is 2.43. The van der Waals surface area contributed by atoms with Gasteiger partial charge in [-0.15, -0.1) is 0 Å². The molecule has 2 aromatic carbocycles. The summed E-state index contributed by atoms with van der Waals surface area (Å²) in [4.78, 5) is 12.9. The number of carbonyl (C=O) groups is 1. The van der Waals surface area contributed by atoms with Crippen LogP contribution in [0.25, 0.3) is 0 Å². The normalized spacial score (nSPS) is 12.0. The third-order valence-electron chi connectivity index (χ3n) is 3.70. The van der Waals surface area contributed by atoms with Gasteiger partial charge in [0.15, 0.2) is 0 Å². The average molecular weight is 359 g/mol. The fourth-order valence-corrected chi connectivity index (χ4v) is 5.10. The van der Waals surface area contributed by atoms with Crippen LogP contribution in [-0.2, 0) is 0 Å². The van der Waals surface area contributed by atoms with Crippen molar-refractivity contribution in [1.82, 2.24) is 0 Å². The first kappa shape index (κ1) is 17.0. The van der Waals surface area contributed by atoms with Crippen LogP contribution in [0.5, 0.6) is 0 Å². The molecule has 0 aliphatic rings. The Morgan fingerprint density at radius 1 is 0.955 bits per heavy atom. The summed E-state index contributed by atoms with van der Waals surface area (Å²) in [5.41, 5.74) is 2.16. The second-order valence-electron chi connectivity index (χ2n) is 5.47. The van der Waals surface area contributed by atoms with E-state index in [0.717, 1.165) is 5.56 Å². The molecule has 0 aliphatic heterocycles. The number of unbranched alkanes of at least 4 members (excludes halogenated alkanes) is 2. The van der Waals surface area contributed by atoms with E-state index in [4.69, 9.17) is 0 Å². The molecule has 0 saturated carbocycles. The number of Topliss-reactive ketones (excluding diaryl/α,β-unsaturated/α-hetero) is 1. The maximum atomic E-state index is 12.5. The Morgan fingerprint density at radius 3 is 2.23 bits per heavy atom. The topological polar surface area (TPSA) is 17.1 Å². The third kappa shape index (κ3) is 5.44. The van der Waals surface area contributed by atoms with Crippen molar-refractivity contribution in [2.45, 2.75) is 42.7 Å². The van der Waals surface area contributed by atoms with Crippen molar-refractivity contribution < 1.29 is 4.79 Å². The monoisotopic (exact) mass is 360 g/mol. The van der Waals surface area contributed by atoms with Crippen LogP contribution >= 0.6 is 0 Å². The van der Waals surface area contributed by atoms with E-state index in [1.165, 1.54) is 30.1 Å². The first-order chi connectivity index (χ1) is 10.8. The zero-order valence-electron chi connectivity index (χ0n) is 13.2. The van der Waals surface area contributed by atoms with Gasteiger partial charge in [-0.05, 0) is 0 Å². The molecule has 0 amide bonds. The zero-order chi connectivity index (χ0) is 15.6. The molecule has 2 aromatic rings. The van der Waals surface area contributed by atoms with Gasteiger partial charge in [-0.2, -0.15) is 0 Å². The van der Waals surface area contributed by atoms with Crippen molar-refractivity contribution in [3.63, 3.8) is 0 Å². The van der Waals surface area contributed by atoms with Gasteiger partial charge in [0.1, 0.15) is 0 Å². The van der Waals surface area contributed by atoms with E-state index in [2.05, 4.69) is 31.2 Å². The van der Waals surface area contributed by atoms with Crippen LogP contribution in [0.1, 0.15) is 53.3 Å². The van der Waals surface area contributed by atoms with Crippen molar-refractivity contribution in [2.75, 3.05) is 0 Å². The standard InChI is InChI=1S/C20H24OSe/c1-2-3-10-15-22-20(18-13-8-5-9-14-18)16-19(21)17-11-6-4-7-12-17/h4-9,11-14,20H,2-3,10,15-16H2,1H3/t20-/m1/s1. The van der Waals surface area contributed by atoms with Gasteiger partial charge in [0.25, 0.3) is 0 Å². The molecule has 0 bridgehead atoms. The number of benzene rings is 2. The molecule has 0 heterocycles. The van der Waals surface area contributed by atoms with Gasteiger partial charge in [0.05, 0.1) is 0 Å². The van der Waals surface area contributed by atoms with Gasteiger partial charge in [-0.1, -0.05) is 0 Å². The number of carbonyl (C=O) groups excluding carboxylic acids is 1. The van der Waals surface area contributed by atoms with Gasteiger partial charge in [0.2, 0.25) is 0 Å². The molecule has 116 valence electrons. The van der Waals surface area contributed by atoms with E-state index >= 15 is 0 Å². The Balaban J connectivity index is 2.02. The molecule has 2 rings (SSSR count). The summed E-state index contributed by atoms with van der Waals surface area (Å²) in [5, 5.41) is 1.27. The summed E-state index contributed by atoms with van der Waals surface area (Å²) < 4.78 is 0. The molecular weight excluding hydrogens is 335 g/mol. The number of hydrogen-bond donors (Lipinski definition) is 0. The van der Waals surface area contributed by atoms with Crippen LogP contribution < -0.4 is 0 Å². The molecule has 0 radical (unpaired) electrons. The van der Waals surface area contributed by atoms with E-state index in [1.54, 1.807) is 0 Å². The van der Waals surface area contributed by atoms with Crippen molar-refractivity contribution in [3.05, 3.63) is 71.8 Å². The number of hydrogen-bond acceptors (Lipinski definition) is 1.